The first kappa shape index (κ1) is 26.3. The number of fused-ring (bicyclic) bond motifs is 3. The number of alkyl carbamates (subject to hydrolysis) is 1. The van der Waals surface area contributed by atoms with Crippen LogP contribution in [0.1, 0.15) is 75.8 Å². The number of amides is 2. The molecule has 7 heteroatoms. The van der Waals surface area contributed by atoms with E-state index >= 15 is 0 Å². The molecule has 1 aliphatic rings. The Bertz CT molecular complexity index is 992. The summed E-state index contributed by atoms with van der Waals surface area (Å²) in [4.78, 5) is 36.2. The van der Waals surface area contributed by atoms with Gasteiger partial charge in [-0.05, 0) is 48.4 Å². The zero-order chi connectivity index (χ0) is 25.3. The second-order valence-electron chi connectivity index (χ2n) is 9.35. The van der Waals surface area contributed by atoms with Crippen LogP contribution in [0, 0.1) is 0 Å². The predicted octanol–water partition coefficient (Wildman–Crippen LogP) is 5.24. The van der Waals surface area contributed by atoms with Crippen LogP contribution in [-0.2, 0) is 14.3 Å². The van der Waals surface area contributed by atoms with Crippen LogP contribution in [0.15, 0.2) is 48.5 Å². The summed E-state index contributed by atoms with van der Waals surface area (Å²) in [7, 11) is 0. The maximum Gasteiger partial charge on any atom is 0.408 e. The van der Waals surface area contributed by atoms with Gasteiger partial charge in [0, 0.05) is 18.9 Å². The highest BCUT2D eigenvalue weighted by atomic mass is 16.5. The predicted molar refractivity (Wildman–Crippen MR) is 135 cm³/mol. The van der Waals surface area contributed by atoms with Crippen LogP contribution in [0.2, 0.25) is 0 Å². The molecule has 2 aromatic carbocycles. The third-order valence-electron chi connectivity index (χ3n) is 6.58. The minimum absolute atomic E-state index is 0.0412. The van der Waals surface area contributed by atoms with E-state index in [9.17, 15) is 14.4 Å². The molecule has 3 N–H and O–H groups in total. The molecule has 0 aliphatic heterocycles. The number of rotatable bonds is 13. The van der Waals surface area contributed by atoms with Gasteiger partial charge >= 0.3 is 12.1 Å². The molecular weight excluding hydrogens is 444 g/mol. The fourth-order valence-corrected chi connectivity index (χ4v) is 4.74. The van der Waals surface area contributed by atoms with Gasteiger partial charge in [-0.15, -0.1) is 0 Å². The Morgan fingerprint density at radius 3 is 2.14 bits per heavy atom. The molecule has 0 fully saturated rings. The van der Waals surface area contributed by atoms with Crippen LogP contribution in [0.5, 0.6) is 0 Å². The Hall–Kier alpha value is -3.35. The van der Waals surface area contributed by atoms with E-state index < -0.39 is 17.6 Å². The Balaban J connectivity index is 1.52. The molecule has 0 heterocycles. The lowest BCUT2D eigenvalue weighted by Crippen LogP contribution is -2.57. The number of hydrogen-bond donors (Lipinski definition) is 3. The number of unbranched alkanes of at least 4 members (excludes halogenated alkanes) is 3. The second-order valence-corrected chi connectivity index (χ2v) is 9.35. The molecule has 0 bridgehead atoms. The lowest BCUT2D eigenvalue weighted by Gasteiger charge is -2.29. The minimum Gasteiger partial charge on any atom is -0.481 e. The van der Waals surface area contributed by atoms with Gasteiger partial charge < -0.3 is 20.5 Å². The largest absolute Gasteiger partial charge is 0.481 e. The Morgan fingerprint density at radius 2 is 1.54 bits per heavy atom. The molecular formula is C28H36N2O5. The number of benzene rings is 2. The van der Waals surface area contributed by atoms with Crippen molar-refractivity contribution in [2.24, 2.45) is 0 Å². The molecule has 188 valence electrons. The molecule has 7 nitrogen and oxygen atoms in total. The molecule has 0 radical (unpaired) electrons. The Labute approximate surface area is 207 Å². The third-order valence-corrected chi connectivity index (χ3v) is 6.58. The summed E-state index contributed by atoms with van der Waals surface area (Å²) in [6, 6.07) is 16.3. The summed E-state index contributed by atoms with van der Waals surface area (Å²) >= 11 is 0. The van der Waals surface area contributed by atoms with Crippen molar-refractivity contribution < 1.29 is 24.2 Å². The SMILES string of the molecule is CCCC(C)(NC(=O)OCC1c2ccccc2-c2ccccc21)C(=O)NCCCCCCC(=O)O. The summed E-state index contributed by atoms with van der Waals surface area (Å²) in [5.74, 6) is -1.06. The van der Waals surface area contributed by atoms with Crippen molar-refractivity contribution in [3.05, 3.63) is 59.7 Å². The van der Waals surface area contributed by atoms with E-state index in [1.54, 1.807) is 6.92 Å². The van der Waals surface area contributed by atoms with Crippen molar-refractivity contribution in [1.82, 2.24) is 10.6 Å². The lowest BCUT2D eigenvalue weighted by molar-refractivity contribution is -0.137. The fraction of sp³-hybridized carbons (Fsp3) is 0.464. The first-order valence-corrected chi connectivity index (χ1v) is 12.5. The normalized spacial score (nSPS) is 13.9. The number of carboxylic acids is 1. The number of nitrogens with one attached hydrogen (secondary N) is 2. The highest BCUT2D eigenvalue weighted by molar-refractivity contribution is 5.89. The van der Waals surface area contributed by atoms with E-state index in [4.69, 9.17) is 9.84 Å². The van der Waals surface area contributed by atoms with Crippen molar-refractivity contribution >= 4 is 18.0 Å². The van der Waals surface area contributed by atoms with E-state index in [2.05, 4.69) is 34.9 Å². The van der Waals surface area contributed by atoms with Gasteiger partial charge in [0.15, 0.2) is 0 Å². The number of carbonyl (C=O) groups is 3. The monoisotopic (exact) mass is 480 g/mol. The quantitative estimate of drug-likeness (QED) is 0.340. The number of hydrogen-bond acceptors (Lipinski definition) is 4. The van der Waals surface area contributed by atoms with Gasteiger partial charge in [-0.1, -0.05) is 74.7 Å². The van der Waals surface area contributed by atoms with E-state index in [0.717, 1.165) is 47.9 Å². The van der Waals surface area contributed by atoms with Gasteiger partial charge in [0.1, 0.15) is 12.1 Å². The second kappa shape index (κ2) is 12.4. The molecule has 0 saturated heterocycles. The van der Waals surface area contributed by atoms with Crippen LogP contribution in [0.25, 0.3) is 11.1 Å². The molecule has 3 rings (SSSR count). The molecule has 35 heavy (non-hydrogen) atoms. The van der Waals surface area contributed by atoms with Crippen LogP contribution in [0.3, 0.4) is 0 Å². The minimum atomic E-state index is -1.07. The first-order chi connectivity index (χ1) is 16.9. The summed E-state index contributed by atoms with van der Waals surface area (Å²) in [5.41, 5.74) is 3.53. The molecule has 1 unspecified atom stereocenters. The highest BCUT2D eigenvalue weighted by Gasteiger charge is 2.35. The number of ether oxygens (including phenoxy) is 1. The maximum absolute atomic E-state index is 12.9. The topological polar surface area (TPSA) is 105 Å². The zero-order valence-electron chi connectivity index (χ0n) is 20.6. The molecule has 1 atom stereocenters. The van der Waals surface area contributed by atoms with Crippen LogP contribution in [-0.4, -0.2) is 41.8 Å². The Morgan fingerprint density at radius 1 is 0.943 bits per heavy atom. The standard InChI is InChI=1S/C28H36N2O5/c1-3-17-28(2,26(33)29-18-11-5-4-6-16-25(31)32)30-27(34)35-19-24-22-14-9-7-12-20(22)21-13-8-10-15-23(21)24/h7-10,12-15,24H,3-6,11,16-19H2,1-2H3,(H,29,33)(H,30,34)(H,31,32). The van der Waals surface area contributed by atoms with E-state index in [1.807, 2.05) is 31.2 Å². The van der Waals surface area contributed by atoms with Gasteiger partial charge in [-0.2, -0.15) is 0 Å². The first-order valence-electron chi connectivity index (χ1n) is 12.5. The van der Waals surface area contributed by atoms with E-state index in [-0.39, 0.29) is 24.9 Å². The average molecular weight is 481 g/mol. The molecule has 0 saturated carbocycles. The average Bonchev–Trinajstić information content (AvgIpc) is 3.15. The van der Waals surface area contributed by atoms with Gasteiger partial charge in [0.05, 0.1) is 0 Å². The lowest BCUT2D eigenvalue weighted by atomic mass is 9.95. The smallest absolute Gasteiger partial charge is 0.408 e. The molecule has 2 amide bonds. The van der Waals surface area contributed by atoms with Crippen molar-refractivity contribution in [2.75, 3.05) is 13.2 Å². The van der Waals surface area contributed by atoms with Crippen LogP contribution in [0.4, 0.5) is 4.79 Å². The number of carboxylic acid groups (broad SMARTS) is 1. The van der Waals surface area contributed by atoms with Crippen LogP contribution < -0.4 is 10.6 Å². The Kier molecular flexibility index (Phi) is 9.29. The molecule has 0 spiro atoms. The molecule has 1 aliphatic carbocycles. The highest BCUT2D eigenvalue weighted by Crippen LogP contribution is 2.44. The molecule has 2 aromatic rings. The number of carbonyl (C=O) groups excluding carboxylic acids is 2. The van der Waals surface area contributed by atoms with Gasteiger partial charge in [-0.3, -0.25) is 9.59 Å². The summed E-state index contributed by atoms with van der Waals surface area (Å²) in [6.45, 7) is 4.37. The van der Waals surface area contributed by atoms with Crippen molar-refractivity contribution in [1.29, 1.82) is 0 Å². The van der Waals surface area contributed by atoms with Crippen molar-refractivity contribution in [3.63, 3.8) is 0 Å². The number of aliphatic carboxylic acids is 1. The fourth-order valence-electron chi connectivity index (χ4n) is 4.74. The van der Waals surface area contributed by atoms with E-state index in [0.29, 0.717) is 19.4 Å². The van der Waals surface area contributed by atoms with Gasteiger partial charge in [0.2, 0.25) is 5.91 Å². The molecule has 0 aromatic heterocycles. The van der Waals surface area contributed by atoms with Crippen molar-refractivity contribution in [2.45, 2.75) is 70.3 Å². The van der Waals surface area contributed by atoms with Crippen molar-refractivity contribution in [3.8, 4) is 11.1 Å². The third kappa shape index (κ3) is 6.84. The summed E-state index contributed by atoms with van der Waals surface area (Å²) in [6.07, 6.45) is 3.84. The van der Waals surface area contributed by atoms with E-state index in [1.165, 1.54) is 0 Å². The summed E-state index contributed by atoms with van der Waals surface area (Å²) < 4.78 is 5.64. The zero-order valence-corrected chi connectivity index (χ0v) is 20.6. The maximum atomic E-state index is 12.9. The van der Waals surface area contributed by atoms with Gasteiger partial charge in [0.25, 0.3) is 0 Å². The van der Waals surface area contributed by atoms with Crippen LogP contribution >= 0.6 is 0 Å². The summed E-state index contributed by atoms with van der Waals surface area (Å²) in [5, 5.41) is 14.4. The van der Waals surface area contributed by atoms with Gasteiger partial charge in [-0.25, -0.2) is 4.79 Å².